The standard InChI is InChI=1S/C18H20N2O2/c1-13(14-8-9-14)20(2)18(21)15-10-11-19-17(12-15)22-16-6-4-3-5-7-16/h3-7,10-14H,8-9H2,1-2H3. The summed E-state index contributed by atoms with van der Waals surface area (Å²) in [5.41, 5.74) is 0.607. The van der Waals surface area contributed by atoms with Crippen LogP contribution in [0.25, 0.3) is 0 Å². The summed E-state index contributed by atoms with van der Waals surface area (Å²) in [5.74, 6) is 1.80. The number of nitrogens with zero attached hydrogens (tertiary/aromatic N) is 2. The van der Waals surface area contributed by atoms with Gasteiger partial charge in [0, 0.05) is 30.9 Å². The maximum Gasteiger partial charge on any atom is 0.254 e. The van der Waals surface area contributed by atoms with Gasteiger partial charge in [0.15, 0.2) is 0 Å². The molecule has 1 aromatic carbocycles. The fourth-order valence-electron chi connectivity index (χ4n) is 2.49. The molecule has 1 aromatic heterocycles. The molecular formula is C18H20N2O2. The summed E-state index contributed by atoms with van der Waals surface area (Å²) >= 11 is 0. The molecule has 1 heterocycles. The third-order valence-corrected chi connectivity index (χ3v) is 4.18. The van der Waals surface area contributed by atoms with Gasteiger partial charge in [0.25, 0.3) is 5.91 Å². The Kier molecular flexibility index (Phi) is 4.09. The number of amides is 1. The predicted molar refractivity (Wildman–Crippen MR) is 85.0 cm³/mol. The summed E-state index contributed by atoms with van der Waals surface area (Å²) in [6.45, 7) is 2.11. The van der Waals surface area contributed by atoms with Crippen molar-refractivity contribution in [3.8, 4) is 11.6 Å². The highest BCUT2D eigenvalue weighted by atomic mass is 16.5. The maximum atomic E-state index is 12.6. The van der Waals surface area contributed by atoms with E-state index in [2.05, 4.69) is 11.9 Å². The highest BCUT2D eigenvalue weighted by Crippen LogP contribution is 2.35. The van der Waals surface area contributed by atoms with Crippen LogP contribution in [-0.4, -0.2) is 28.9 Å². The zero-order valence-corrected chi connectivity index (χ0v) is 12.9. The Labute approximate surface area is 130 Å². The molecule has 1 aliphatic rings. The summed E-state index contributed by atoms with van der Waals surface area (Å²) in [7, 11) is 1.86. The Morgan fingerprint density at radius 1 is 1.27 bits per heavy atom. The Balaban J connectivity index is 1.74. The molecule has 0 radical (unpaired) electrons. The SMILES string of the molecule is CC(C1CC1)N(C)C(=O)c1ccnc(Oc2ccccc2)c1. The maximum absolute atomic E-state index is 12.6. The van der Waals surface area contributed by atoms with Gasteiger partial charge < -0.3 is 9.64 Å². The molecule has 0 spiro atoms. The van der Waals surface area contributed by atoms with Crippen LogP contribution >= 0.6 is 0 Å². The largest absolute Gasteiger partial charge is 0.439 e. The average molecular weight is 296 g/mol. The van der Waals surface area contributed by atoms with Crippen LogP contribution in [0, 0.1) is 5.92 Å². The van der Waals surface area contributed by atoms with Gasteiger partial charge in [0.2, 0.25) is 5.88 Å². The van der Waals surface area contributed by atoms with Crippen molar-refractivity contribution >= 4 is 5.91 Å². The topological polar surface area (TPSA) is 42.4 Å². The zero-order valence-electron chi connectivity index (χ0n) is 12.9. The van der Waals surface area contributed by atoms with Gasteiger partial charge in [-0.3, -0.25) is 4.79 Å². The number of para-hydroxylation sites is 1. The number of aromatic nitrogens is 1. The van der Waals surface area contributed by atoms with Crippen LogP contribution in [0.1, 0.15) is 30.1 Å². The van der Waals surface area contributed by atoms with Gasteiger partial charge in [-0.1, -0.05) is 18.2 Å². The zero-order chi connectivity index (χ0) is 15.5. The lowest BCUT2D eigenvalue weighted by Crippen LogP contribution is -2.36. The van der Waals surface area contributed by atoms with Crippen LogP contribution < -0.4 is 4.74 Å². The van der Waals surface area contributed by atoms with E-state index in [0.29, 0.717) is 23.1 Å². The molecule has 1 fully saturated rings. The third kappa shape index (κ3) is 3.27. The van der Waals surface area contributed by atoms with Gasteiger partial charge in [-0.05, 0) is 43.9 Å². The second-order valence-electron chi connectivity index (χ2n) is 5.79. The second kappa shape index (κ2) is 6.18. The number of hydrogen-bond acceptors (Lipinski definition) is 3. The van der Waals surface area contributed by atoms with Crippen molar-refractivity contribution in [1.82, 2.24) is 9.88 Å². The number of carbonyl (C=O) groups is 1. The molecule has 1 atom stereocenters. The lowest BCUT2D eigenvalue weighted by atomic mass is 10.1. The van der Waals surface area contributed by atoms with Crippen molar-refractivity contribution in [2.45, 2.75) is 25.8 Å². The first-order valence-corrected chi connectivity index (χ1v) is 7.61. The van der Waals surface area contributed by atoms with Gasteiger partial charge in [0.05, 0.1) is 0 Å². The van der Waals surface area contributed by atoms with E-state index in [4.69, 9.17) is 4.74 Å². The van der Waals surface area contributed by atoms with E-state index >= 15 is 0 Å². The monoisotopic (exact) mass is 296 g/mol. The highest BCUT2D eigenvalue weighted by molar-refractivity contribution is 5.94. The first-order chi connectivity index (χ1) is 10.6. The minimum atomic E-state index is 0.0136. The summed E-state index contributed by atoms with van der Waals surface area (Å²) in [5, 5.41) is 0. The predicted octanol–water partition coefficient (Wildman–Crippen LogP) is 3.74. The van der Waals surface area contributed by atoms with Crippen molar-refractivity contribution in [2.75, 3.05) is 7.05 Å². The van der Waals surface area contributed by atoms with E-state index in [1.807, 2.05) is 42.3 Å². The van der Waals surface area contributed by atoms with Crippen molar-refractivity contribution < 1.29 is 9.53 Å². The van der Waals surface area contributed by atoms with Crippen molar-refractivity contribution in [3.63, 3.8) is 0 Å². The van der Waals surface area contributed by atoms with Gasteiger partial charge in [0.1, 0.15) is 5.75 Å². The van der Waals surface area contributed by atoms with E-state index in [1.54, 1.807) is 18.3 Å². The molecule has 3 rings (SSSR count). The van der Waals surface area contributed by atoms with E-state index in [9.17, 15) is 4.79 Å². The van der Waals surface area contributed by atoms with Crippen LogP contribution in [0.5, 0.6) is 11.6 Å². The molecule has 22 heavy (non-hydrogen) atoms. The number of carbonyl (C=O) groups excluding carboxylic acids is 1. The van der Waals surface area contributed by atoms with E-state index in [0.717, 1.165) is 0 Å². The van der Waals surface area contributed by atoms with E-state index < -0.39 is 0 Å². The van der Waals surface area contributed by atoms with Gasteiger partial charge in [-0.2, -0.15) is 0 Å². The summed E-state index contributed by atoms with van der Waals surface area (Å²) in [6.07, 6.45) is 4.05. The number of ether oxygens (including phenoxy) is 1. The van der Waals surface area contributed by atoms with Gasteiger partial charge in [-0.15, -0.1) is 0 Å². The average Bonchev–Trinajstić information content (AvgIpc) is 3.39. The van der Waals surface area contributed by atoms with Crippen LogP contribution in [0.4, 0.5) is 0 Å². The lowest BCUT2D eigenvalue weighted by molar-refractivity contribution is 0.0727. The molecule has 114 valence electrons. The van der Waals surface area contributed by atoms with Crippen molar-refractivity contribution in [1.29, 1.82) is 0 Å². The summed E-state index contributed by atoms with van der Waals surface area (Å²) < 4.78 is 5.69. The van der Waals surface area contributed by atoms with Crippen molar-refractivity contribution in [3.05, 3.63) is 54.2 Å². The fraction of sp³-hybridized carbons (Fsp3) is 0.333. The summed E-state index contributed by atoms with van der Waals surface area (Å²) in [4.78, 5) is 18.6. The minimum Gasteiger partial charge on any atom is -0.439 e. The Hall–Kier alpha value is -2.36. The van der Waals surface area contributed by atoms with Crippen LogP contribution in [0.3, 0.4) is 0 Å². The molecule has 4 nitrogen and oxygen atoms in total. The number of pyridine rings is 1. The highest BCUT2D eigenvalue weighted by Gasteiger charge is 2.32. The lowest BCUT2D eigenvalue weighted by Gasteiger charge is -2.25. The third-order valence-electron chi connectivity index (χ3n) is 4.18. The normalized spacial score (nSPS) is 15.2. The Morgan fingerprint density at radius 2 is 2.00 bits per heavy atom. The Bertz CT molecular complexity index is 653. The van der Waals surface area contributed by atoms with Crippen LogP contribution in [-0.2, 0) is 0 Å². The van der Waals surface area contributed by atoms with Crippen LogP contribution in [0.15, 0.2) is 48.7 Å². The smallest absolute Gasteiger partial charge is 0.254 e. The molecule has 0 saturated heterocycles. The van der Waals surface area contributed by atoms with E-state index in [-0.39, 0.29) is 11.9 Å². The molecule has 4 heteroatoms. The van der Waals surface area contributed by atoms with Crippen LogP contribution in [0.2, 0.25) is 0 Å². The second-order valence-corrected chi connectivity index (χ2v) is 5.79. The number of rotatable bonds is 5. The first-order valence-electron chi connectivity index (χ1n) is 7.61. The minimum absolute atomic E-state index is 0.0136. The molecule has 1 unspecified atom stereocenters. The van der Waals surface area contributed by atoms with Gasteiger partial charge >= 0.3 is 0 Å². The number of benzene rings is 1. The molecule has 2 aromatic rings. The van der Waals surface area contributed by atoms with Gasteiger partial charge in [-0.25, -0.2) is 4.98 Å². The molecule has 1 saturated carbocycles. The molecule has 0 N–H and O–H groups in total. The fourth-order valence-corrected chi connectivity index (χ4v) is 2.49. The Morgan fingerprint density at radius 3 is 2.68 bits per heavy atom. The first kappa shape index (κ1) is 14.6. The molecule has 0 bridgehead atoms. The molecule has 0 aliphatic heterocycles. The van der Waals surface area contributed by atoms with Crippen molar-refractivity contribution in [2.24, 2.45) is 5.92 Å². The molecular weight excluding hydrogens is 276 g/mol. The number of hydrogen-bond donors (Lipinski definition) is 0. The quantitative estimate of drug-likeness (QED) is 0.844. The molecule has 1 amide bonds. The molecule has 1 aliphatic carbocycles. The van der Waals surface area contributed by atoms with E-state index in [1.165, 1.54) is 12.8 Å². The summed E-state index contributed by atoms with van der Waals surface area (Å²) in [6, 6.07) is 13.1.